The molecule has 1 aliphatic carbocycles. The van der Waals surface area contributed by atoms with Gasteiger partial charge in [0.05, 0.1) is 11.0 Å². The average molecular weight is 444 g/mol. The summed E-state index contributed by atoms with van der Waals surface area (Å²) in [5.41, 5.74) is -0.170. The van der Waals surface area contributed by atoms with Crippen molar-refractivity contribution in [1.29, 1.82) is 0 Å². The molecular formula is C22H29N5O3S. The molecule has 4 heterocycles. The van der Waals surface area contributed by atoms with E-state index < -0.39 is 11.7 Å². The maximum absolute atomic E-state index is 13.7. The SMILES string of the molecule is Cc1nc(C(=O)N2C3CC(C3)[C@@H](C)C2CNC(=O)OC(C)(C)C)c(-c2ncccn2)s1. The van der Waals surface area contributed by atoms with Crippen LogP contribution in [0.15, 0.2) is 18.5 Å². The van der Waals surface area contributed by atoms with Crippen LogP contribution in [-0.2, 0) is 4.74 Å². The standard InChI is InChI=1S/C22H29N5O3S/c1-12-14-9-15(10-14)27(16(12)11-25-21(29)30-22(3,4)5)20(28)17-18(31-13(2)26-17)19-23-7-6-8-24-19/h6-8,12,14-16H,9-11H2,1-5H3,(H,25,29)/t12-,14?,15?,16?/m1/s1. The number of hydrogen-bond donors (Lipinski definition) is 1. The zero-order valence-electron chi connectivity index (χ0n) is 18.6. The van der Waals surface area contributed by atoms with E-state index in [1.165, 1.54) is 11.3 Å². The zero-order chi connectivity index (χ0) is 22.3. The van der Waals surface area contributed by atoms with Gasteiger partial charge in [-0.1, -0.05) is 6.92 Å². The van der Waals surface area contributed by atoms with Gasteiger partial charge < -0.3 is 15.0 Å². The summed E-state index contributed by atoms with van der Waals surface area (Å²) in [6.07, 6.45) is 4.86. The topological polar surface area (TPSA) is 97.3 Å². The predicted molar refractivity (Wildman–Crippen MR) is 118 cm³/mol. The number of rotatable bonds is 4. The molecule has 2 aromatic rings. The Bertz CT molecular complexity index is 965. The van der Waals surface area contributed by atoms with Gasteiger partial charge in [-0.2, -0.15) is 0 Å². The fourth-order valence-electron chi connectivity index (χ4n) is 4.49. The second-order valence-electron chi connectivity index (χ2n) is 9.39. The Labute approximate surface area is 186 Å². The van der Waals surface area contributed by atoms with E-state index in [2.05, 4.69) is 27.2 Å². The van der Waals surface area contributed by atoms with Crippen molar-refractivity contribution >= 4 is 23.3 Å². The molecule has 0 aromatic carbocycles. The first-order valence-corrected chi connectivity index (χ1v) is 11.5. The van der Waals surface area contributed by atoms with Crippen LogP contribution >= 0.6 is 11.3 Å². The number of hydrogen-bond acceptors (Lipinski definition) is 7. The normalized spacial score (nSPS) is 25.0. The number of nitrogens with one attached hydrogen (secondary N) is 1. The van der Waals surface area contributed by atoms with Crippen LogP contribution < -0.4 is 5.32 Å². The Morgan fingerprint density at radius 1 is 1.26 bits per heavy atom. The molecule has 0 spiro atoms. The fourth-order valence-corrected chi connectivity index (χ4v) is 5.35. The minimum absolute atomic E-state index is 0.107. The molecule has 5 rings (SSSR count). The Hall–Kier alpha value is -2.55. The Morgan fingerprint density at radius 3 is 2.58 bits per heavy atom. The first-order chi connectivity index (χ1) is 14.6. The third-order valence-corrected chi connectivity index (χ3v) is 7.01. The van der Waals surface area contributed by atoms with Crippen molar-refractivity contribution in [2.24, 2.45) is 11.8 Å². The van der Waals surface area contributed by atoms with E-state index >= 15 is 0 Å². The van der Waals surface area contributed by atoms with Crippen LogP contribution in [0.2, 0.25) is 0 Å². The lowest BCUT2D eigenvalue weighted by Crippen LogP contribution is -2.65. The lowest BCUT2D eigenvalue weighted by molar-refractivity contribution is -0.0546. The Kier molecular flexibility index (Phi) is 5.72. The van der Waals surface area contributed by atoms with Gasteiger partial charge in [-0.3, -0.25) is 4.79 Å². The van der Waals surface area contributed by atoms with Crippen LogP contribution in [-0.4, -0.2) is 56.1 Å². The molecule has 1 unspecified atom stereocenters. The van der Waals surface area contributed by atoms with Crippen molar-refractivity contribution in [3.05, 3.63) is 29.2 Å². The zero-order valence-corrected chi connectivity index (χ0v) is 19.4. The van der Waals surface area contributed by atoms with Crippen LogP contribution in [0.3, 0.4) is 0 Å². The van der Waals surface area contributed by atoms with Gasteiger partial charge in [0.2, 0.25) is 0 Å². The van der Waals surface area contributed by atoms with Crippen molar-refractivity contribution in [1.82, 2.24) is 25.2 Å². The van der Waals surface area contributed by atoms with Crippen molar-refractivity contribution in [2.75, 3.05) is 6.54 Å². The number of alkyl carbamates (subject to hydrolysis) is 1. The number of aryl methyl sites for hydroxylation is 1. The molecule has 0 radical (unpaired) electrons. The first kappa shape index (κ1) is 21.7. The molecule has 2 aliphatic heterocycles. The van der Waals surface area contributed by atoms with E-state index in [1.807, 2.05) is 32.6 Å². The van der Waals surface area contributed by atoms with Crippen LogP contribution in [0.4, 0.5) is 4.79 Å². The number of carbonyl (C=O) groups is 2. The van der Waals surface area contributed by atoms with E-state index in [9.17, 15) is 9.59 Å². The van der Waals surface area contributed by atoms with E-state index in [-0.39, 0.29) is 23.9 Å². The minimum atomic E-state index is -0.567. The molecule has 1 saturated carbocycles. The van der Waals surface area contributed by atoms with Crippen LogP contribution in [0, 0.1) is 18.8 Å². The highest BCUT2D eigenvalue weighted by molar-refractivity contribution is 7.15. The van der Waals surface area contributed by atoms with Gasteiger partial charge in [0.25, 0.3) is 5.91 Å². The van der Waals surface area contributed by atoms with Crippen molar-refractivity contribution in [3.8, 4) is 10.7 Å². The van der Waals surface area contributed by atoms with Gasteiger partial charge in [-0.25, -0.2) is 19.7 Å². The molecule has 2 atom stereocenters. The molecular weight excluding hydrogens is 414 g/mol. The second kappa shape index (κ2) is 8.18. The number of amides is 2. The number of nitrogens with zero attached hydrogens (tertiary/aromatic N) is 4. The van der Waals surface area contributed by atoms with E-state index in [0.717, 1.165) is 17.8 Å². The third kappa shape index (κ3) is 4.42. The molecule has 1 N–H and O–H groups in total. The van der Waals surface area contributed by atoms with Gasteiger partial charge in [-0.15, -0.1) is 11.3 Å². The smallest absolute Gasteiger partial charge is 0.407 e. The van der Waals surface area contributed by atoms with Gasteiger partial charge in [-0.05, 0) is 58.4 Å². The largest absolute Gasteiger partial charge is 0.444 e. The van der Waals surface area contributed by atoms with Crippen molar-refractivity contribution in [3.63, 3.8) is 0 Å². The van der Waals surface area contributed by atoms with Crippen molar-refractivity contribution in [2.45, 2.75) is 65.1 Å². The summed E-state index contributed by atoms with van der Waals surface area (Å²) >= 11 is 1.43. The fraction of sp³-hybridized carbons (Fsp3) is 0.591. The van der Waals surface area contributed by atoms with Gasteiger partial charge >= 0.3 is 6.09 Å². The number of ether oxygens (including phenoxy) is 1. The summed E-state index contributed by atoms with van der Waals surface area (Å²) < 4.78 is 5.38. The van der Waals surface area contributed by atoms with Crippen LogP contribution in [0.5, 0.6) is 0 Å². The van der Waals surface area contributed by atoms with E-state index in [1.54, 1.807) is 18.5 Å². The summed E-state index contributed by atoms with van der Waals surface area (Å²) in [7, 11) is 0. The minimum Gasteiger partial charge on any atom is -0.444 e. The number of fused-ring (bicyclic) bond motifs is 2. The summed E-state index contributed by atoms with van der Waals surface area (Å²) in [6, 6.07) is 1.81. The molecule has 166 valence electrons. The highest BCUT2D eigenvalue weighted by Crippen LogP contribution is 2.47. The maximum Gasteiger partial charge on any atom is 0.407 e. The number of aromatic nitrogens is 3. The summed E-state index contributed by atoms with van der Waals surface area (Å²) in [5.74, 6) is 1.25. The van der Waals surface area contributed by atoms with E-state index in [0.29, 0.717) is 28.9 Å². The summed E-state index contributed by atoms with van der Waals surface area (Å²) in [6.45, 7) is 9.90. The number of piperidine rings is 2. The molecule has 2 amide bonds. The molecule has 2 saturated heterocycles. The molecule has 31 heavy (non-hydrogen) atoms. The van der Waals surface area contributed by atoms with Gasteiger partial charge in [0.15, 0.2) is 11.5 Å². The van der Waals surface area contributed by atoms with Gasteiger partial charge in [0.1, 0.15) is 10.5 Å². The summed E-state index contributed by atoms with van der Waals surface area (Å²) in [4.78, 5) is 41.8. The average Bonchev–Trinajstić information content (AvgIpc) is 3.06. The number of thiazole rings is 1. The predicted octanol–water partition coefficient (Wildman–Crippen LogP) is 3.67. The van der Waals surface area contributed by atoms with Crippen LogP contribution in [0.1, 0.15) is 56.0 Å². The molecule has 3 aliphatic rings. The lowest BCUT2D eigenvalue weighted by atomic mass is 9.64. The van der Waals surface area contributed by atoms with E-state index in [4.69, 9.17) is 4.74 Å². The Balaban J connectivity index is 1.58. The molecule has 3 fully saturated rings. The third-order valence-electron chi connectivity index (χ3n) is 6.05. The summed E-state index contributed by atoms with van der Waals surface area (Å²) in [5, 5.41) is 3.67. The molecule has 2 aromatic heterocycles. The lowest BCUT2D eigenvalue weighted by Gasteiger charge is -2.57. The number of carbonyl (C=O) groups excluding carboxylic acids is 2. The maximum atomic E-state index is 13.7. The van der Waals surface area contributed by atoms with Crippen LogP contribution in [0.25, 0.3) is 10.7 Å². The highest BCUT2D eigenvalue weighted by atomic mass is 32.1. The molecule has 2 bridgehead atoms. The molecule has 8 nitrogen and oxygen atoms in total. The first-order valence-electron chi connectivity index (χ1n) is 10.7. The highest BCUT2D eigenvalue weighted by Gasteiger charge is 2.51. The monoisotopic (exact) mass is 443 g/mol. The molecule has 9 heteroatoms. The Morgan fingerprint density at radius 2 is 1.94 bits per heavy atom. The quantitative estimate of drug-likeness (QED) is 0.774. The van der Waals surface area contributed by atoms with Gasteiger partial charge in [0, 0.05) is 25.0 Å². The second-order valence-corrected chi connectivity index (χ2v) is 10.6. The van der Waals surface area contributed by atoms with Crippen molar-refractivity contribution < 1.29 is 14.3 Å².